The molecule has 8 heteroatoms. The summed E-state index contributed by atoms with van der Waals surface area (Å²) >= 11 is 0. The van der Waals surface area contributed by atoms with Crippen LogP contribution in [0.1, 0.15) is 29.4 Å². The van der Waals surface area contributed by atoms with E-state index in [2.05, 4.69) is 20.1 Å². The highest BCUT2D eigenvalue weighted by Gasteiger charge is 2.41. The number of benzene rings is 1. The van der Waals surface area contributed by atoms with Crippen molar-refractivity contribution in [3.05, 3.63) is 86.7 Å². The highest BCUT2D eigenvalue weighted by atomic mass is 19.1. The third-order valence-electron chi connectivity index (χ3n) is 4.95. The number of imidazole rings is 1. The Bertz CT molecular complexity index is 1290. The van der Waals surface area contributed by atoms with Crippen molar-refractivity contribution in [1.29, 1.82) is 0 Å². The van der Waals surface area contributed by atoms with Gasteiger partial charge in [0.15, 0.2) is 5.65 Å². The van der Waals surface area contributed by atoms with Gasteiger partial charge in [-0.05, 0) is 42.0 Å². The highest BCUT2D eigenvalue weighted by Crippen LogP contribution is 2.55. The summed E-state index contributed by atoms with van der Waals surface area (Å²) < 4.78 is 15.2. The fourth-order valence-electron chi connectivity index (χ4n) is 3.59. The van der Waals surface area contributed by atoms with Gasteiger partial charge in [-0.25, -0.2) is 18.7 Å². The normalized spacial score (nSPS) is 18.7. The molecule has 1 saturated carbocycles. The van der Waals surface area contributed by atoms with E-state index in [9.17, 15) is 14.0 Å². The lowest BCUT2D eigenvalue weighted by Gasteiger charge is -2.07. The van der Waals surface area contributed by atoms with Crippen LogP contribution in [0, 0.1) is 5.82 Å². The van der Waals surface area contributed by atoms with Crippen molar-refractivity contribution in [2.45, 2.75) is 18.3 Å². The van der Waals surface area contributed by atoms with E-state index in [-0.39, 0.29) is 23.2 Å². The smallest absolute Gasteiger partial charge is 0.313 e. The Kier molecular flexibility index (Phi) is 3.33. The molecule has 3 heterocycles. The van der Waals surface area contributed by atoms with Gasteiger partial charge >= 0.3 is 5.69 Å². The SMILES string of the molecule is O=c1[nH]cc(-c2cc(C3C[C@H]3c3cccc(F)c3)c3nccn3n2)c(=O)[nH]1. The number of rotatable bonds is 3. The Balaban J connectivity index is 1.62. The van der Waals surface area contributed by atoms with Gasteiger partial charge in [0.1, 0.15) is 5.82 Å². The van der Waals surface area contributed by atoms with Crippen LogP contribution in [0.25, 0.3) is 16.9 Å². The summed E-state index contributed by atoms with van der Waals surface area (Å²) in [5.41, 5.74) is 2.25. The lowest BCUT2D eigenvalue weighted by Crippen LogP contribution is -2.23. The highest BCUT2D eigenvalue weighted by molar-refractivity contribution is 5.63. The molecular formula is C19H14FN5O2. The second-order valence-corrected chi connectivity index (χ2v) is 6.67. The van der Waals surface area contributed by atoms with Crippen molar-refractivity contribution in [1.82, 2.24) is 24.6 Å². The first-order valence-electron chi connectivity index (χ1n) is 8.52. The molecule has 0 amide bonds. The van der Waals surface area contributed by atoms with Gasteiger partial charge in [-0.3, -0.25) is 9.78 Å². The quantitative estimate of drug-likeness (QED) is 0.583. The molecule has 3 aromatic heterocycles. The lowest BCUT2D eigenvalue weighted by atomic mass is 10.0. The van der Waals surface area contributed by atoms with E-state index in [1.54, 1.807) is 29.0 Å². The fourth-order valence-corrected chi connectivity index (χ4v) is 3.59. The van der Waals surface area contributed by atoms with Crippen LogP contribution in [-0.4, -0.2) is 24.6 Å². The third-order valence-corrected chi connectivity index (χ3v) is 4.95. The van der Waals surface area contributed by atoms with E-state index < -0.39 is 11.2 Å². The summed E-state index contributed by atoms with van der Waals surface area (Å²) in [6.45, 7) is 0. The number of aromatic amines is 2. The number of nitrogens with zero attached hydrogens (tertiary/aromatic N) is 3. The summed E-state index contributed by atoms with van der Waals surface area (Å²) in [6.07, 6.45) is 5.58. The fraction of sp³-hybridized carbons (Fsp3) is 0.158. The van der Waals surface area contributed by atoms with Gasteiger partial charge in [0.05, 0.1) is 11.3 Å². The minimum absolute atomic E-state index is 0.167. The Morgan fingerprint density at radius 1 is 1.19 bits per heavy atom. The number of hydrogen-bond acceptors (Lipinski definition) is 4. The maximum atomic E-state index is 13.6. The van der Waals surface area contributed by atoms with E-state index in [1.165, 1.54) is 12.3 Å². The van der Waals surface area contributed by atoms with Gasteiger partial charge in [-0.1, -0.05) is 12.1 Å². The molecule has 2 N–H and O–H groups in total. The predicted molar refractivity (Wildman–Crippen MR) is 96.2 cm³/mol. The molecular weight excluding hydrogens is 349 g/mol. The Labute approximate surface area is 151 Å². The second kappa shape index (κ2) is 5.73. The first-order chi connectivity index (χ1) is 13.1. The van der Waals surface area contributed by atoms with Crippen LogP contribution in [0.4, 0.5) is 4.39 Å². The summed E-state index contributed by atoms with van der Waals surface area (Å²) in [5.74, 6) is 0.116. The average molecular weight is 363 g/mol. The van der Waals surface area contributed by atoms with Crippen LogP contribution in [0.2, 0.25) is 0 Å². The van der Waals surface area contributed by atoms with Gasteiger partial charge in [-0.15, -0.1) is 0 Å². The summed E-state index contributed by atoms with van der Waals surface area (Å²) in [5, 5.41) is 4.43. The Morgan fingerprint density at radius 3 is 2.89 bits per heavy atom. The van der Waals surface area contributed by atoms with E-state index in [4.69, 9.17) is 0 Å². The minimum atomic E-state index is -0.568. The number of halogens is 1. The second-order valence-electron chi connectivity index (χ2n) is 6.67. The molecule has 0 radical (unpaired) electrons. The van der Waals surface area contributed by atoms with Crippen molar-refractivity contribution >= 4 is 5.65 Å². The summed E-state index contributed by atoms with van der Waals surface area (Å²) in [7, 11) is 0. The first-order valence-corrected chi connectivity index (χ1v) is 8.52. The number of nitrogens with one attached hydrogen (secondary N) is 2. The standard InChI is InChI=1S/C19H14FN5O2/c20-11-3-1-2-10(6-11)12-7-13(12)14-8-16(24-25-5-4-21-17(14)25)15-9-22-19(27)23-18(15)26/h1-6,8-9,12-13H,7H2,(H2,22,23,26,27)/t12-,13?/m0/s1. The Hall–Kier alpha value is -3.55. The minimum Gasteiger partial charge on any atom is -0.313 e. The number of fused-ring (bicyclic) bond motifs is 1. The molecule has 1 aliphatic rings. The molecule has 1 unspecified atom stereocenters. The zero-order chi connectivity index (χ0) is 18.5. The van der Waals surface area contributed by atoms with Gasteiger partial charge in [0, 0.05) is 24.2 Å². The molecule has 1 fully saturated rings. The molecule has 0 bridgehead atoms. The summed E-state index contributed by atoms with van der Waals surface area (Å²) in [6, 6.07) is 8.45. The van der Waals surface area contributed by atoms with Crippen LogP contribution in [0.5, 0.6) is 0 Å². The van der Waals surface area contributed by atoms with Crippen molar-refractivity contribution in [2.24, 2.45) is 0 Å². The first kappa shape index (κ1) is 15.7. The van der Waals surface area contributed by atoms with E-state index in [0.717, 1.165) is 17.5 Å². The van der Waals surface area contributed by atoms with Crippen LogP contribution in [-0.2, 0) is 0 Å². The van der Waals surface area contributed by atoms with Gasteiger partial charge in [0.25, 0.3) is 5.56 Å². The maximum Gasteiger partial charge on any atom is 0.325 e. The van der Waals surface area contributed by atoms with Crippen LogP contribution < -0.4 is 11.2 Å². The predicted octanol–water partition coefficient (Wildman–Crippen LogP) is 2.18. The zero-order valence-electron chi connectivity index (χ0n) is 14.0. The molecule has 1 aliphatic carbocycles. The molecule has 0 saturated heterocycles. The molecule has 5 rings (SSSR count). The van der Waals surface area contributed by atoms with E-state index in [1.807, 2.05) is 12.1 Å². The van der Waals surface area contributed by atoms with Gasteiger partial charge in [0.2, 0.25) is 0 Å². The van der Waals surface area contributed by atoms with Crippen LogP contribution in [0.15, 0.2) is 58.5 Å². The van der Waals surface area contributed by atoms with Crippen LogP contribution in [0.3, 0.4) is 0 Å². The lowest BCUT2D eigenvalue weighted by molar-refractivity contribution is 0.625. The molecule has 7 nitrogen and oxygen atoms in total. The van der Waals surface area contributed by atoms with Crippen molar-refractivity contribution in [3.63, 3.8) is 0 Å². The van der Waals surface area contributed by atoms with E-state index in [0.29, 0.717) is 11.3 Å². The van der Waals surface area contributed by atoms with Gasteiger partial charge in [-0.2, -0.15) is 5.10 Å². The van der Waals surface area contributed by atoms with Crippen LogP contribution >= 0.6 is 0 Å². The zero-order valence-corrected chi connectivity index (χ0v) is 14.0. The van der Waals surface area contributed by atoms with E-state index >= 15 is 0 Å². The Morgan fingerprint density at radius 2 is 2.07 bits per heavy atom. The van der Waals surface area contributed by atoms with Crippen molar-refractivity contribution in [3.8, 4) is 11.3 Å². The molecule has 1 aromatic carbocycles. The third kappa shape index (κ3) is 2.66. The van der Waals surface area contributed by atoms with Crippen molar-refractivity contribution in [2.75, 3.05) is 0 Å². The number of hydrogen-bond donors (Lipinski definition) is 2. The molecule has 134 valence electrons. The van der Waals surface area contributed by atoms with Crippen molar-refractivity contribution < 1.29 is 4.39 Å². The molecule has 2 atom stereocenters. The number of H-pyrrole nitrogens is 2. The topological polar surface area (TPSA) is 95.9 Å². The average Bonchev–Trinajstić information content (AvgIpc) is 3.30. The molecule has 0 spiro atoms. The largest absolute Gasteiger partial charge is 0.325 e. The molecule has 0 aliphatic heterocycles. The maximum absolute atomic E-state index is 13.6. The summed E-state index contributed by atoms with van der Waals surface area (Å²) in [4.78, 5) is 32.5. The number of aromatic nitrogens is 5. The van der Waals surface area contributed by atoms with Gasteiger partial charge < -0.3 is 4.98 Å². The molecule has 27 heavy (non-hydrogen) atoms. The molecule has 4 aromatic rings. The monoisotopic (exact) mass is 363 g/mol.